The second-order valence-electron chi connectivity index (χ2n) is 4.27. The molecule has 0 unspecified atom stereocenters. The molecule has 1 heterocycles. The molecule has 0 bridgehead atoms. The zero-order chi connectivity index (χ0) is 13.1. The Balaban J connectivity index is 2.89. The normalized spacial score (nSPS) is 11.1. The summed E-state index contributed by atoms with van der Waals surface area (Å²) < 4.78 is 0. The van der Waals surface area contributed by atoms with Crippen molar-refractivity contribution in [3.8, 4) is 0 Å². The van der Waals surface area contributed by atoms with Crippen LogP contribution in [-0.4, -0.2) is 45.1 Å². The quantitative estimate of drug-likeness (QED) is 0.488. The number of likely N-dealkylation sites (N-methyl/N-ethyl adjacent to an activating group) is 1. The highest BCUT2D eigenvalue weighted by molar-refractivity contribution is 5.92. The van der Waals surface area contributed by atoms with Gasteiger partial charge in [-0.2, -0.15) is 0 Å². The fourth-order valence-corrected chi connectivity index (χ4v) is 1.07. The van der Waals surface area contributed by atoms with Gasteiger partial charge in [-0.05, 0) is 13.8 Å². The molecule has 0 aliphatic carbocycles. The molecular weight excluding hydrogens is 222 g/mol. The number of nitrogens with one attached hydrogen (secondary N) is 1. The van der Waals surface area contributed by atoms with Gasteiger partial charge in [0.1, 0.15) is 5.69 Å². The standard InChI is InChI=1S/C10H17N5O2/c1-10(2,6-16)15(3)9(17)7-4-13-8(14-11)5-12-7/h4-5,16H,6,11H2,1-3H3,(H,13,14). The molecule has 17 heavy (non-hydrogen) atoms. The molecule has 1 aromatic rings. The summed E-state index contributed by atoms with van der Waals surface area (Å²) in [6, 6.07) is 0. The van der Waals surface area contributed by atoms with E-state index in [0.29, 0.717) is 5.82 Å². The van der Waals surface area contributed by atoms with Crippen molar-refractivity contribution in [1.82, 2.24) is 14.9 Å². The number of hydrazine groups is 1. The first-order valence-corrected chi connectivity index (χ1v) is 5.10. The van der Waals surface area contributed by atoms with E-state index < -0.39 is 5.54 Å². The Morgan fingerprint density at radius 3 is 2.59 bits per heavy atom. The second-order valence-corrected chi connectivity index (χ2v) is 4.27. The summed E-state index contributed by atoms with van der Waals surface area (Å²) in [4.78, 5) is 21.3. The summed E-state index contributed by atoms with van der Waals surface area (Å²) >= 11 is 0. The van der Waals surface area contributed by atoms with Gasteiger partial charge in [-0.3, -0.25) is 4.79 Å². The molecular formula is C10H17N5O2. The third kappa shape index (κ3) is 2.89. The first-order valence-electron chi connectivity index (χ1n) is 5.10. The molecule has 0 aromatic carbocycles. The average molecular weight is 239 g/mol. The van der Waals surface area contributed by atoms with Crippen molar-refractivity contribution in [3.63, 3.8) is 0 Å². The molecule has 7 heteroatoms. The van der Waals surface area contributed by atoms with Crippen molar-refractivity contribution in [3.05, 3.63) is 18.1 Å². The predicted molar refractivity (Wildman–Crippen MR) is 63.1 cm³/mol. The number of aliphatic hydroxyl groups is 1. The largest absolute Gasteiger partial charge is 0.394 e. The molecule has 1 aromatic heterocycles. The number of carbonyl (C=O) groups is 1. The van der Waals surface area contributed by atoms with Crippen LogP contribution in [-0.2, 0) is 0 Å². The number of hydrogen-bond acceptors (Lipinski definition) is 6. The third-order valence-electron chi connectivity index (χ3n) is 2.62. The van der Waals surface area contributed by atoms with Crippen LogP contribution in [0.5, 0.6) is 0 Å². The summed E-state index contributed by atoms with van der Waals surface area (Å²) in [6.45, 7) is 3.38. The molecule has 1 rings (SSSR count). The maximum atomic E-state index is 12.0. The lowest BCUT2D eigenvalue weighted by atomic mass is 10.0. The number of rotatable bonds is 4. The van der Waals surface area contributed by atoms with Crippen molar-refractivity contribution >= 4 is 11.7 Å². The first-order chi connectivity index (χ1) is 7.92. The first kappa shape index (κ1) is 13.3. The van der Waals surface area contributed by atoms with Gasteiger partial charge >= 0.3 is 0 Å². The van der Waals surface area contributed by atoms with Crippen molar-refractivity contribution in [2.45, 2.75) is 19.4 Å². The van der Waals surface area contributed by atoms with E-state index in [1.807, 2.05) is 0 Å². The third-order valence-corrected chi connectivity index (χ3v) is 2.62. The summed E-state index contributed by atoms with van der Waals surface area (Å²) in [6.07, 6.45) is 2.70. The highest BCUT2D eigenvalue weighted by atomic mass is 16.3. The van der Waals surface area contributed by atoms with Crippen LogP contribution in [0.3, 0.4) is 0 Å². The number of nitrogen functional groups attached to an aromatic ring is 1. The topological polar surface area (TPSA) is 104 Å². The molecule has 4 N–H and O–H groups in total. The van der Waals surface area contributed by atoms with Crippen molar-refractivity contribution < 1.29 is 9.90 Å². The van der Waals surface area contributed by atoms with Gasteiger partial charge in [-0.1, -0.05) is 0 Å². The number of hydrogen-bond donors (Lipinski definition) is 3. The molecule has 0 aliphatic heterocycles. The predicted octanol–water partition coefficient (Wildman–Crippen LogP) is -0.395. The van der Waals surface area contributed by atoms with Crippen LogP contribution in [0, 0.1) is 0 Å². The van der Waals surface area contributed by atoms with E-state index in [9.17, 15) is 9.90 Å². The van der Waals surface area contributed by atoms with Crippen LogP contribution in [0.15, 0.2) is 12.4 Å². The molecule has 94 valence electrons. The van der Waals surface area contributed by atoms with E-state index in [2.05, 4.69) is 15.4 Å². The monoisotopic (exact) mass is 239 g/mol. The lowest BCUT2D eigenvalue weighted by Gasteiger charge is -2.33. The van der Waals surface area contributed by atoms with E-state index in [1.165, 1.54) is 17.3 Å². The number of nitrogens with two attached hydrogens (primary N) is 1. The molecule has 0 atom stereocenters. The van der Waals surface area contributed by atoms with E-state index in [-0.39, 0.29) is 18.2 Å². The SMILES string of the molecule is CN(C(=O)c1cnc(NN)cn1)C(C)(C)CO. The molecule has 0 fully saturated rings. The second kappa shape index (κ2) is 5.07. The molecule has 0 saturated carbocycles. The van der Waals surface area contributed by atoms with Crippen LogP contribution >= 0.6 is 0 Å². The summed E-state index contributed by atoms with van der Waals surface area (Å²) in [5.74, 6) is 5.22. The van der Waals surface area contributed by atoms with Crippen LogP contribution in [0.2, 0.25) is 0 Å². The Hall–Kier alpha value is -1.73. The van der Waals surface area contributed by atoms with Crippen molar-refractivity contribution in [2.75, 3.05) is 19.1 Å². The Bertz CT molecular complexity index is 390. The Kier molecular flexibility index (Phi) is 3.97. The van der Waals surface area contributed by atoms with Crippen LogP contribution < -0.4 is 11.3 Å². The fourth-order valence-electron chi connectivity index (χ4n) is 1.07. The Morgan fingerprint density at radius 1 is 1.53 bits per heavy atom. The fraction of sp³-hybridized carbons (Fsp3) is 0.500. The summed E-state index contributed by atoms with van der Waals surface area (Å²) in [5.41, 5.74) is 1.88. The van der Waals surface area contributed by atoms with Crippen molar-refractivity contribution in [1.29, 1.82) is 0 Å². The molecule has 0 spiro atoms. The van der Waals surface area contributed by atoms with Gasteiger partial charge in [0.2, 0.25) is 0 Å². The van der Waals surface area contributed by atoms with Crippen LogP contribution in [0.1, 0.15) is 24.3 Å². The Labute approximate surface area is 99.6 Å². The van der Waals surface area contributed by atoms with E-state index in [1.54, 1.807) is 20.9 Å². The zero-order valence-electron chi connectivity index (χ0n) is 10.1. The van der Waals surface area contributed by atoms with Crippen LogP contribution in [0.4, 0.5) is 5.82 Å². The summed E-state index contributed by atoms with van der Waals surface area (Å²) in [5, 5.41) is 9.19. The smallest absolute Gasteiger partial charge is 0.274 e. The van der Waals surface area contributed by atoms with Gasteiger partial charge in [0.25, 0.3) is 5.91 Å². The Morgan fingerprint density at radius 2 is 2.18 bits per heavy atom. The van der Waals surface area contributed by atoms with Crippen LogP contribution in [0.25, 0.3) is 0 Å². The number of aliphatic hydroxyl groups excluding tert-OH is 1. The zero-order valence-corrected chi connectivity index (χ0v) is 10.1. The average Bonchev–Trinajstić information content (AvgIpc) is 2.37. The number of amides is 1. The van der Waals surface area contributed by atoms with Gasteiger partial charge in [0.05, 0.1) is 24.5 Å². The number of aromatic nitrogens is 2. The lowest BCUT2D eigenvalue weighted by Crippen LogP contribution is -2.47. The molecule has 0 saturated heterocycles. The molecule has 7 nitrogen and oxygen atoms in total. The van der Waals surface area contributed by atoms with E-state index >= 15 is 0 Å². The number of nitrogens with zero attached hydrogens (tertiary/aromatic N) is 3. The van der Waals surface area contributed by atoms with Crippen molar-refractivity contribution in [2.24, 2.45) is 5.84 Å². The maximum absolute atomic E-state index is 12.0. The molecule has 1 amide bonds. The summed E-state index contributed by atoms with van der Waals surface area (Å²) in [7, 11) is 1.61. The number of carbonyl (C=O) groups excluding carboxylic acids is 1. The van der Waals surface area contributed by atoms with Gasteiger partial charge in [0.15, 0.2) is 5.82 Å². The van der Waals surface area contributed by atoms with E-state index in [4.69, 9.17) is 5.84 Å². The van der Waals surface area contributed by atoms with Gasteiger partial charge in [-0.25, -0.2) is 15.8 Å². The van der Waals surface area contributed by atoms with Gasteiger partial charge < -0.3 is 15.4 Å². The molecule has 0 radical (unpaired) electrons. The van der Waals surface area contributed by atoms with Gasteiger partial charge in [0, 0.05) is 7.05 Å². The lowest BCUT2D eigenvalue weighted by molar-refractivity contribution is 0.0467. The highest BCUT2D eigenvalue weighted by Crippen LogP contribution is 2.14. The minimum absolute atomic E-state index is 0.134. The molecule has 0 aliphatic rings. The van der Waals surface area contributed by atoms with E-state index in [0.717, 1.165) is 0 Å². The van der Waals surface area contributed by atoms with Gasteiger partial charge in [-0.15, -0.1) is 0 Å². The minimum Gasteiger partial charge on any atom is -0.394 e. The highest BCUT2D eigenvalue weighted by Gasteiger charge is 2.28. The number of anilines is 1. The maximum Gasteiger partial charge on any atom is 0.274 e. The minimum atomic E-state index is -0.649.